The predicted octanol–water partition coefficient (Wildman–Crippen LogP) is 2.67. The van der Waals surface area contributed by atoms with Gasteiger partial charge in [0.2, 0.25) is 0 Å². The van der Waals surface area contributed by atoms with Gasteiger partial charge in [0.15, 0.2) is 0 Å². The molecule has 0 aromatic carbocycles. The molecule has 0 unspecified atom stereocenters. The Balaban J connectivity index is 2.00. The summed E-state index contributed by atoms with van der Waals surface area (Å²) in [5, 5.41) is 0.681. The number of hydrogen-bond donors (Lipinski definition) is 1. The highest BCUT2D eigenvalue weighted by Crippen LogP contribution is 2.30. The number of pyridine rings is 1. The number of nitrogens with two attached hydrogens (primary N) is 1. The second kappa shape index (κ2) is 4.90. The Labute approximate surface area is 109 Å². The average Bonchev–Trinajstić information content (AvgIpc) is 2.15. The van der Waals surface area contributed by atoms with E-state index in [1.54, 1.807) is 6.20 Å². The van der Waals surface area contributed by atoms with Gasteiger partial charge in [-0.25, -0.2) is 4.98 Å². The first-order valence-corrected chi connectivity index (χ1v) is 6.51. The third kappa shape index (κ3) is 2.67. The van der Waals surface area contributed by atoms with E-state index < -0.39 is 0 Å². The fourth-order valence-corrected chi connectivity index (χ4v) is 2.87. The van der Waals surface area contributed by atoms with Crippen LogP contribution in [-0.2, 0) is 0 Å². The van der Waals surface area contributed by atoms with Gasteiger partial charge in [-0.1, -0.05) is 11.6 Å². The van der Waals surface area contributed by atoms with Crippen molar-refractivity contribution in [1.82, 2.24) is 4.98 Å². The normalized spacial score (nSPS) is 24.0. The number of aromatic nitrogens is 1. The molecule has 1 aliphatic rings. The Bertz CT molecular complexity index is 379. The minimum atomic E-state index is 0.395. The van der Waals surface area contributed by atoms with E-state index >= 15 is 0 Å². The highest BCUT2D eigenvalue weighted by atomic mass is 79.9. The summed E-state index contributed by atoms with van der Waals surface area (Å²) in [5.41, 5.74) is 5.77. The monoisotopic (exact) mass is 303 g/mol. The third-order valence-corrected chi connectivity index (χ3v) is 3.67. The van der Waals surface area contributed by atoms with Crippen molar-refractivity contribution in [3.8, 4) is 0 Å². The smallest absolute Gasteiger partial charge is 0.147 e. The summed E-state index contributed by atoms with van der Waals surface area (Å²) in [7, 11) is 2.02. The molecule has 88 valence electrons. The van der Waals surface area contributed by atoms with Gasteiger partial charge in [0.05, 0.1) is 5.02 Å². The van der Waals surface area contributed by atoms with Gasteiger partial charge in [-0.3, -0.25) is 0 Å². The van der Waals surface area contributed by atoms with Crippen LogP contribution in [0, 0.1) is 5.92 Å². The number of nitrogens with zero attached hydrogens (tertiary/aromatic N) is 2. The second-order valence-corrected chi connectivity index (χ2v) is 5.76. The molecule has 1 saturated carbocycles. The maximum absolute atomic E-state index is 6.14. The first kappa shape index (κ1) is 12.1. The number of anilines is 1. The fourth-order valence-electron chi connectivity index (χ4n) is 2.10. The van der Waals surface area contributed by atoms with E-state index in [1.165, 1.54) is 0 Å². The molecular formula is C11H15BrClN3. The molecule has 0 atom stereocenters. The standard InChI is InChI=1S/C11H15BrClN3/c1-16(6-7-2-9(14)3-7)11-10(13)4-8(12)5-15-11/h4-5,7,9H,2-3,6,14H2,1H3. The van der Waals surface area contributed by atoms with Crippen LogP contribution >= 0.6 is 27.5 Å². The topological polar surface area (TPSA) is 42.1 Å². The molecule has 1 fully saturated rings. The number of hydrogen-bond acceptors (Lipinski definition) is 3. The van der Waals surface area contributed by atoms with Crippen molar-refractivity contribution in [3.05, 3.63) is 21.8 Å². The Morgan fingerprint density at radius 3 is 2.88 bits per heavy atom. The molecule has 16 heavy (non-hydrogen) atoms. The lowest BCUT2D eigenvalue weighted by Crippen LogP contribution is -2.42. The zero-order valence-electron chi connectivity index (χ0n) is 9.16. The van der Waals surface area contributed by atoms with Crippen molar-refractivity contribution >= 4 is 33.3 Å². The molecule has 0 saturated heterocycles. The van der Waals surface area contributed by atoms with E-state index in [9.17, 15) is 0 Å². The SMILES string of the molecule is CN(CC1CC(N)C1)c1ncc(Br)cc1Cl. The van der Waals surface area contributed by atoms with Crippen LogP contribution in [0.3, 0.4) is 0 Å². The van der Waals surface area contributed by atoms with Crippen LogP contribution in [0.4, 0.5) is 5.82 Å². The quantitative estimate of drug-likeness (QED) is 0.933. The summed E-state index contributed by atoms with van der Waals surface area (Å²) in [6.45, 7) is 0.974. The summed E-state index contributed by atoms with van der Waals surface area (Å²) in [4.78, 5) is 6.43. The van der Waals surface area contributed by atoms with Crippen LogP contribution in [0.15, 0.2) is 16.7 Å². The number of rotatable bonds is 3. The van der Waals surface area contributed by atoms with Gasteiger partial charge in [0, 0.05) is 30.3 Å². The largest absolute Gasteiger partial charge is 0.358 e. The molecule has 1 aromatic rings. The van der Waals surface area contributed by atoms with Gasteiger partial charge in [0.25, 0.3) is 0 Å². The summed E-state index contributed by atoms with van der Waals surface area (Å²) in [6, 6.07) is 2.26. The van der Waals surface area contributed by atoms with Crippen LogP contribution in [0.1, 0.15) is 12.8 Å². The average molecular weight is 305 g/mol. The van der Waals surface area contributed by atoms with Crippen molar-refractivity contribution < 1.29 is 0 Å². The third-order valence-electron chi connectivity index (χ3n) is 2.95. The molecule has 0 bridgehead atoms. The van der Waals surface area contributed by atoms with E-state index in [4.69, 9.17) is 17.3 Å². The number of halogens is 2. The van der Waals surface area contributed by atoms with Crippen LogP contribution in [0.2, 0.25) is 5.02 Å². The second-order valence-electron chi connectivity index (χ2n) is 4.44. The van der Waals surface area contributed by atoms with Crippen molar-refractivity contribution in [1.29, 1.82) is 0 Å². The first-order chi connectivity index (χ1) is 7.56. The molecule has 0 amide bonds. The molecule has 0 aliphatic heterocycles. The highest BCUT2D eigenvalue weighted by Gasteiger charge is 2.27. The van der Waals surface area contributed by atoms with Crippen molar-refractivity contribution in [2.24, 2.45) is 11.7 Å². The summed E-state index contributed by atoms with van der Waals surface area (Å²) < 4.78 is 0.903. The van der Waals surface area contributed by atoms with Gasteiger partial charge < -0.3 is 10.6 Å². The summed E-state index contributed by atoms with van der Waals surface area (Å²) in [6.07, 6.45) is 3.99. The van der Waals surface area contributed by atoms with E-state index in [-0.39, 0.29) is 0 Å². The zero-order valence-corrected chi connectivity index (χ0v) is 11.5. The van der Waals surface area contributed by atoms with Gasteiger partial charge in [-0.2, -0.15) is 0 Å². The summed E-state index contributed by atoms with van der Waals surface area (Å²) in [5.74, 6) is 1.52. The van der Waals surface area contributed by atoms with Crippen LogP contribution in [0.5, 0.6) is 0 Å². The van der Waals surface area contributed by atoms with E-state index in [0.29, 0.717) is 17.0 Å². The zero-order chi connectivity index (χ0) is 11.7. The van der Waals surface area contributed by atoms with Crippen molar-refractivity contribution in [2.75, 3.05) is 18.5 Å². The first-order valence-electron chi connectivity index (χ1n) is 5.34. The molecule has 1 aliphatic carbocycles. The van der Waals surface area contributed by atoms with Gasteiger partial charge >= 0.3 is 0 Å². The lowest BCUT2D eigenvalue weighted by molar-refractivity contribution is 0.270. The van der Waals surface area contributed by atoms with E-state index in [2.05, 4.69) is 25.8 Å². The maximum Gasteiger partial charge on any atom is 0.147 e. The highest BCUT2D eigenvalue weighted by molar-refractivity contribution is 9.10. The molecule has 2 N–H and O–H groups in total. The van der Waals surface area contributed by atoms with Gasteiger partial charge in [-0.15, -0.1) is 0 Å². The predicted molar refractivity (Wildman–Crippen MR) is 70.9 cm³/mol. The molecule has 1 aromatic heterocycles. The molecule has 0 radical (unpaired) electrons. The molecule has 0 spiro atoms. The summed E-state index contributed by atoms with van der Waals surface area (Å²) >= 11 is 9.49. The lowest BCUT2D eigenvalue weighted by atomic mass is 9.80. The van der Waals surface area contributed by atoms with E-state index in [1.807, 2.05) is 13.1 Å². The molecule has 5 heteroatoms. The van der Waals surface area contributed by atoms with Crippen LogP contribution < -0.4 is 10.6 Å². The van der Waals surface area contributed by atoms with Crippen molar-refractivity contribution in [2.45, 2.75) is 18.9 Å². The maximum atomic E-state index is 6.14. The minimum Gasteiger partial charge on any atom is -0.358 e. The molecule has 1 heterocycles. The van der Waals surface area contributed by atoms with Gasteiger partial charge in [-0.05, 0) is 40.8 Å². The fraction of sp³-hybridized carbons (Fsp3) is 0.545. The Hall–Kier alpha value is -0.320. The lowest BCUT2D eigenvalue weighted by Gasteiger charge is -2.35. The molecule has 3 nitrogen and oxygen atoms in total. The van der Waals surface area contributed by atoms with Crippen molar-refractivity contribution in [3.63, 3.8) is 0 Å². The van der Waals surface area contributed by atoms with E-state index in [0.717, 1.165) is 29.7 Å². The van der Waals surface area contributed by atoms with Crippen LogP contribution in [0.25, 0.3) is 0 Å². The Morgan fingerprint density at radius 2 is 2.31 bits per heavy atom. The van der Waals surface area contributed by atoms with Gasteiger partial charge in [0.1, 0.15) is 5.82 Å². The molecule has 2 rings (SSSR count). The minimum absolute atomic E-state index is 0.395. The Kier molecular flexibility index (Phi) is 3.72. The van der Waals surface area contributed by atoms with Crippen LogP contribution in [-0.4, -0.2) is 24.6 Å². The molecular weight excluding hydrogens is 289 g/mol. The Morgan fingerprint density at radius 1 is 1.62 bits per heavy atom.